The molecule has 1 aliphatic carbocycles. The standard InChI is InChI=1S/C12H14N4/c1-3-10(9-14-11-4-5-11)12(13-6-1)16-8-2-7-15-16/h1-3,6-8,11,14H,4-5,9H2. The summed E-state index contributed by atoms with van der Waals surface area (Å²) in [6.45, 7) is 0.869. The fourth-order valence-corrected chi connectivity index (χ4v) is 1.71. The van der Waals surface area contributed by atoms with E-state index in [0.29, 0.717) is 6.04 Å². The van der Waals surface area contributed by atoms with Crippen LogP contribution < -0.4 is 5.32 Å². The van der Waals surface area contributed by atoms with Crippen molar-refractivity contribution in [3.05, 3.63) is 42.4 Å². The Morgan fingerprint density at radius 3 is 3.00 bits per heavy atom. The van der Waals surface area contributed by atoms with E-state index in [1.54, 1.807) is 12.4 Å². The lowest BCUT2D eigenvalue weighted by molar-refractivity contribution is 0.676. The van der Waals surface area contributed by atoms with E-state index in [2.05, 4.69) is 21.5 Å². The Kier molecular flexibility index (Phi) is 2.42. The summed E-state index contributed by atoms with van der Waals surface area (Å²) in [5.74, 6) is 0.917. The van der Waals surface area contributed by atoms with Crippen molar-refractivity contribution < 1.29 is 0 Å². The zero-order chi connectivity index (χ0) is 10.8. The number of nitrogens with zero attached hydrogens (tertiary/aromatic N) is 3. The van der Waals surface area contributed by atoms with Crippen molar-refractivity contribution in [3.63, 3.8) is 0 Å². The Labute approximate surface area is 94.3 Å². The molecule has 0 unspecified atom stereocenters. The maximum Gasteiger partial charge on any atom is 0.157 e. The maximum atomic E-state index is 4.38. The summed E-state index contributed by atoms with van der Waals surface area (Å²) in [7, 11) is 0. The smallest absolute Gasteiger partial charge is 0.157 e. The highest BCUT2D eigenvalue weighted by molar-refractivity contribution is 5.32. The third-order valence-corrected chi connectivity index (χ3v) is 2.75. The van der Waals surface area contributed by atoms with Crippen LogP contribution in [0.25, 0.3) is 5.82 Å². The minimum absolute atomic E-state index is 0.714. The van der Waals surface area contributed by atoms with Crippen LogP contribution in [0.2, 0.25) is 0 Å². The van der Waals surface area contributed by atoms with Crippen molar-refractivity contribution in [1.82, 2.24) is 20.1 Å². The van der Waals surface area contributed by atoms with E-state index in [4.69, 9.17) is 0 Å². The summed E-state index contributed by atoms with van der Waals surface area (Å²) < 4.78 is 1.81. The molecular weight excluding hydrogens is 200 g/mol. The lowest BCUT2D eigenvalue weighted by atomic mass is 10.2. The van der Waals surface area contributed by atoms with E-state index in [-0.39, 0.29) is 0 Å². The van der Waals surface area contributed by atoms with Crippen molar-refractivity contribution in [1.29, 1.82) is 0 Å². The van der Waals surface area contributed by atoms with Crippen LogP contribution in [-0.4, -0.2) is 20.8 Å². The Morgan fingerprint density at radius 1 is 1.31 bits per heavy atom. The van der Waals surface area contributed by atoms with Crippen LogP contribution in [0.1, 0.15) is 18.4 Å². The number of rotatable bonds is 4. The van der Waals surface area contributed by atoms with Crippen LogP contribution in [0.4, 0.5) is 0 Å². The van der Waals surface area contributed by atoms with Gasteiger partial charge in [-0.2, -0.15) is 5.10 Å². The predicted octanol–water partition coefficient (Wildman–Crippen LogP) is 1.52. The molecule has 0 atom stereocenters. The molecule has 2 aromatic rings. The quantitative estimate of drug-likeness (QED) is 0.839. The Bertz CT molecular complexity index is 460. The third kappa shape index (κ3) is 1.97. The van der Waals surface area contributed by atoms with Gasteiger partial charge in [0, 0.05) is 36.7 Å². The average Bonchev–Trinajstić information content (AvgIpc) is 3.00. The minimum Gasteiger partial charge on any atom is -0.310 e. The fourth-order valence-electron chi connectivity index (χ4n) is 1.71. The van der Waals surface area contributed by atoms with Crippen LogP contribution in [-0.2, 0) is 6.54 Å². The monoisotopic (exact) mass is 214 g/mol. The first-order chi connectivity index (χ1) is 7.93. The highest BCUT2D eigenvalue weighted by atomic mass is 15.3. The maximum absolute atomic E-state index is 4.38. The molecule has 1 N–H and O–H groups in total. The van der Waals surface area contributed by atoms with Crippen LogP contribution in [0.3, 0.4) is 0 Å². The lowest BCUT2D eigenvalue weighted by Gasteiger charge is -2.08. The van der Waals surface area contributed by atoms with E-state index >= 15 is 0 Å². The number of nitrogens with one attached hydrogen (secondary N) is 1. The highest BCUT2D eigenvalue weighted by Gasteiger charge is 2.20. The first-order valence-electron chi connectivity index (χ1n) is 5.61. The number of hydrogen-bond donors (Lipinski definition) is 1. The Hall–Kier alpha value is -1.68. The second-order valence-corrected chi connectivity index (χ2v) is 4.09. The lowest BCUT2D eigenvalue weighted by Crippen LogP contribution is -2.17. The average molecular weight is 214 g/mol. The molecule has 0 aromatic carbocycles. The van der Waals surface area contributed by atoms with Crippen LogP contribution in [0, 0.1) is 0 Å². The summed E-state index contributed by atoms with van der Waals surface area (Å²) in [6.07, 6.45) is 8.10. The number of hydrogen-bond acceptors (Lipinski definition) is 3. The van der Waals surface area contributed by atoms with Gasteiger partial charge in [0.2, 0.25) is 0 Å². The van der Waals surface area contributed by atoms with Crippen molar-refractivity contribution in [2.24, 2.45) is 0 Å². The zero-order valence-electron chi connectivity index (χ0n) is 9.00. The van der Waals surface area contributed by atoms with Crippen molar-refractivity contribution >= 4 is 0 Å². The molecule has 0 radical (unpaired) electrons. The predicted molar refractivity (Wildman–Crippen MR) is 61.2 cm³/mol. The summed E-state index contributed by atoms with van der Waals surface area (Å²) in [5.41, 5.74) is 1.19. The SMILES string of the molecule is c1cnc(-n2cccn2)c(CNC2CC2)c1. The van der Waals surface area contributed by atoms with Gasteiger partial charge in [-0.1, -0.05) is 6.07 Å². The Morgan fingerprint density at radius 2 is 2.25 bits per heavy atom. The van der Waals surface area contributed by atoms with Crippen molar-refractivity contribution in [2.75, 3.05) is 0 Å². The molecule has 0 bridgehead atoms. The largest absolute Gasteiger partial charge is 0.310 e. The minimum atomic E-state index is 0.714. The highest BCUT2D eigenvalue weighted by Crippen LogP contribution is 2.20. The summed E-state index contributed by atoms with van der Waals surface area (Å²) in [4.78, 5) is 4.38. The van der Waals surface area contributed by atoms with E-state index in [1.165, 1.54) is 18.4 Å². The van der Waals surface area contributed by atoms with Gasteiger partial charge in [-0.3, -0.25) is 0 Å². The van der Waals surface area contributed by atoms with Gasteiger partial charge >= 0.3 is 0 Å². The Balaban J connectivity index is 1.85. The molecule has 1 aliphatic rings. The molecule has 1 saturated carbocycles. The molecule has 16 heavy (non-hydrogen) atoms. The molecule has 1 fully saturated rings. The normalized spacial score (nSPS) is 15.2. The molecule has 0 spiro atoms. The van der Waals surface area contributed by atoms with E-state index in [0.717, 1.165) is 12.4 Å². The zero-order valence-corrected chi connectivity index (χ0v) is 9.00. The molecule has 0 aliphatic heterocycles. The molecule has 0 saturated heterocycles. The molecular formula is C12H14N4. The molecule has 0 amide bonds. The summed E-state index contributed by atoms with van der Waals surface area (Å²) in [5, 5.41) is 7.71. The number of pyridine rings is 1. The molecule has 4 nitrogen and oxygen atoms in total. The fraction of sp³-hybridized carbons (Fsp3) is 0.333. The first-order valence-corrected chi connectivity index (χ1v) is 5.61. The topological polar surface area (TPSA) is 42.7 Å². The number of aromatic nitrogens is 3. The summed E-state index contributed by atoms with van der Waals surface area (Å²) in [6, 6.07) is 6.69. The van der Waals surface area contributed by atoms with Gasteiger partial charge in [-0.15, -0.1) is 0 Å². The second-order valence-electron chi connectivity index (χ2n) is 4.09. The van der Waals surface area contributed by atoms with Gasteiger partial charge in [-0.05, 0) is 25.0 Å². The molecule has 3 rings (SSSR count). The van der Waals surface area contributed by atoms with Gasteiger partial charge in [0.15, 0.2) is 5.82 Å². The van der Waals surface area contributed by atoms with E-state index in [9.17, 15) is 0 Å². The van der Waals surface area contributed by atoms with Gasteiger partial charge in [0.25, 0.3) is 0 Å². The molecule has 82 valence electrons. The van der Waals surface area contributed by atoms with Crippen molar-refractivity contribution in [3.8, 4) is 5.82 Å². The van der Waals surface area contributed by atoms with Crippen LogP contribution in [0.5, 0.6) is 0 Å². The van der Waals surface area contributed by atoms with Crippen LogP contribution in [0.15, 0.2) is 36.8 Å². The second kappa shape index (κ2) is 4.06. The molecule has 2 aromatic heterocycles. The first kappa shape index (κ1) is 9.54. The van der Waals surface area contributed by atoms with E-state index in [1.807, 2.05) is 23.0 Å². The van der Waals surface area contributed by atoms with Gasteiger partial charge < -0.3 is 5.32 Å². The third-order valence-electron chi connectivity index (χ3n) is 2.75. The molecule has 2 heterocycles. The van der Waals surface area contributed by atoms with Crippen LogP contribution >= 0.6 is 0 Å². The molecule has 4 heteroatoms. The van der Waals surface area contributed by atoms with Crippen molar-refractivity contribution in [2.45, 2.75) is 25.4 Å². The van der Waals surface area contributed by atoms with Gasteiger partial charge in [-0.25, -0.2) is 9.67 Å². The van der Waals surface area contributed by atoms with Gasteiger partial charge in [0.05, 0.1) is 0 Å². The summed E-state index contributed by atoms with van der Waals surface area (Å²) >= 11 is 0. The van der Waals surface area contributed by atoms with E-state index < -0.39 is 0 Å². The van der Waals surface area contributed by atoms with Gasteiger partial charge in [0.1, 0.15) is 0 Å².